The first-order valence-corrected chi connectivity index (χ1v) is 11.0. The van der Waals surface area contributed by atoms with Gasteiger partial charge in [0.1, 0.15) is 0 Å². The van der Waals surface area contributed by atoms with Gasteiger partial charge in [-0.3, -0.25) is 9.59 Å². The van der Waals surface area contributed by atoms with Gasteiger partial charge in [-0.25, -0.2) is 0 Å². The molecule has 0 aliphatic rings. The van der Waals surface area contributed by atoms with E-state index in [1.165, 1.54) is 5.56 Å². The van der Waals surface area contributed by atoms with Gasteiger partial charge < -0.3 is 19.1 Å². The zero-order valence-corrected chi connectivity index (χ0v) is 19.6. The quantitative estimate of drug-likeness (QED) is 0.520. The van der Waals surface area contributed by atoms with E-state index in [1.807, 2.05) is 50.4 Å². The van der Waals surface area contributed by atoms with Crippen LogP contribution < -0.4 is 0 Å². The van der Waals surface area contributed by atoms with E-state index in [0.717, 1.165) is 12.2 Å². The van der Waals surface area contributed by atoms with Crippen LogP contribution in [0.3, 0.4) is 0 Å². The normalized spacial score (nSPS) is 11.2. The second kappa shape index (κ2) is 12.3. The number of benzene rings is 1. The smallest absolute Gasteiger partial charge is 0.242 e. The van der Waals surface area contributed by atoms with Crippen molar-refractivity contribution in [3.05, 3.63) is 59.9 Å². The van der Waals surface area contributed by atoms with Gasteiger partial charge in [-0.2, -0.15) is 0 Å². The molecule has 1 heterocycles. The molecule has 6 heteroatoms. The van der Waals surface area contributed by atoms with Crippen LogP contribution in [-0.4, -0.2) is 59.5 Å². The molecule has 0 atom stereocenters. The lowest BCUT2D eigenvalue weighted by atomic mass is 10.1. The summed E-state index contributed by atoms with van der Waals surface area (Å²) in [4.78, 5) is 29.4. The highest BCUT2D eigenvalue weighted by Gasteiger charge is 2.24. The molecule has 1 aromatic carbocycles. The topological polar surface area (TPSA) is 54.8 Å². The van der Waals surface area contributed by atoms with Crippen molar-refractivity contribution in [3.63, 3.8) is 0 Å². The van der Waals surface area contributed by atoms with Gasteiger partial charge in [-0.05, 0) is 23.6 Å². The standard InChI is InChI=1S/C25H37N3O3/c1-20(2)16-28(25(30)21(3)4)19-24(29)27(14-15-31-5)18-23-12-9-13-26(23)17-22-10-7-6-8-11-22/h6-13,20-21H,14-19H2,1-5H3. The van der Waals surface area contributed by atoms with Crippen LogP contribution in [0.25, 0.3) is 0 Å². The molecule has 1 aromatic heterocycles. The lowest BCUT2D eigenvalue weighted by Crippen LogP contribution is -2.46. The molecule has 31 heavy (non-hydrogen) atoms. The maximum Gasteiger partial charge on any atom is 0.242 e. The van der Waals surface area contributed by atoms with Crippen LogP contribution in [0.15, 0.2) is 48.7 Å². The minimum absolute atomic E-state index is 0.0150. The van der Waals surface area contributed by atoms with E-state index in [2.05, 4.69) is 30.5 Å². The first kappa shape index (κ1) is 24.7. The first-order chi connectivity index (χ1) is 14.8. The molecule has 2 aromatic rings. The summed E-state index contributed by atoms with van der Waals surface area (Å²) in [7, 11) is 1.63. The molecule has 0 aliphatic carbocycles. The lowest BCUT2D eigenvalue weighted by Gasteiger charge is -2.30. The second-order valence-corrected chi connectivity index (χ2v) is 8.69. The first-order valence-electron chi connectivity index (χ1n) is 11.0. The number of carbonyl (C=O) groups excluding carboxylic acids is 2. The van der Waals surface area contributed by atoms with Gasteiger partial charge in [-0.1, -0.05) is 58.0 Å². The Kier molecular flexibility index (Phi) is 9.79. The van der Waals surface area contributed by atoms with Crippen molar-refractivity contribution in [1.29, 1.82) is 0 Å². The van der Waals surface area contributed by atoms with Crippen molar-refractivity contribution in [2.45, 2.75) is 40.8 Å². The van der Waals surface area contributed by atoms with E-state index >= 15 is 0 Å². The van der Waals surface area contributed by atoms with Crippen LogP contribution in [0, 0.1) is 11.8 Å². The number of hydrogen-bond acceptors (Lipinski definition) is 3. The predicted molar refractivity (Wildman–Crippen MR) is 124 cm³/mol. The average Bonchev–Trinajstić information content (AvgIpc) is 3.16. The third kappa shape index (κ3) is 7.87. The Morgan fingerprint density at radius 2 is 1.71 bits per heavy atom. The molecule has 0 spiro atoms. The number of hydrogen-bond donors (Lipinski definition) is 0. The molecular formula is C25H37N3O3. The van der Waals surface area contributed by atoms with Crippen molar-refractivity contribution in [3.8, 4) is 0 Å². The monoisotopic (exact) mass is 427 g/mol. The molecule has 0 N–H and O–H groups in total. The number of rotatable bonds is 12. The van der Waals surface area contributed by atoms with Gasteiger partial charge in [0.05, 0.1) is 19.7 Å². The summed E-state index contributed by atoms with van der Waals surface area (Å²) in [6, 6.07) is 14.3. The van der Waals surface area contributed by atoms with Gasteiger partial charge in [0.2, 0.25) is 11.8 Å². The highest BCUT2D eigenvalue weighted by Crippen LogP contribution is 2.12. The summed E-state index contributed by atoms with van der Waals surface area (Å²) in [5.41, 5.74) is 2.26. The van der Waals surface area contributed by atoms with Crippen LogP contribution in [0.2, 0.25) is 0 Å². The van der Waals surface area contributed by atoms with Crippen LogP contribution in [0.4, 0.5) is 0 Å². The Balaban J connectivity index is 2.15. The average molecular weight is 428 g/mol. The summed E-state index contributed by atoms with van der Waals surface area (Å²) >= 11 is 0. The fraction of sp³-hybridized carbons (Fsp3) is 0.520. The van der Waals surface area contributed by atoms with Gasteiger partial charge in [0.15, 0.2) is 0 Å². The lowest BCUT2D eigenvalue weighted by molar-refractivity contribution is -0.143. The van der Waals surface area contributed by atoms with E-state index in [-0.39, 0.29) is 24.3 Å². The number of methoxy groups -OCH3 is 1. The Labute approximate surface area is 186 Å². The largest absolute Gasteiger partial charge is 0.383 e. The third-order valence-corrected chi connectivity index (χ3v) is 5.11. The van der Waals surface area contributed by atoms with Crippen LogP contribution in [0.5, 0.6) is 0 Å². The van der Waals surface area contributed by atoms with E-state index < -0.39 is 0 Å². The number of nitrogens with zero attached hydrogens (tertiary/aromatic N) is 3. The minimum atomic E-state index is -0.137. The molecule has 6 nitrogen and oxygen atoms in total. The van der Waals surface area contributed by atoms with Crippen LogP contribution in [0.1, 0.15) is 39.0 Å². The summed E-state index contributed by atoms with van der Waals surface area (Å²) in [6.45, 7) is 10.7. The van der Waals surface area contributed by atoms with E-state index in [0.29, 0.717) is 32.2 Å². The summed E-state index contributed by atoms with van der Waals surface area (Å²) in [5, 5.41) is 0. The van der Waals surface area contributed by atoms with Gasteiger partial charge in [-0.15, -0.1) is 0 Å². The van der Waals surface area contributed by atoms with E-state index in [9.17, 15) is 9.59 Å². The SMILES string of the molecule is COCCN(Cc1cccn1Cc1ccccc1)C(=O)CN(CC(C)C)C(=O)C(C)C. The maximum absolute atomic E-state index is 13.2. The Hall–Kier alpha value is -2.60. The molecule has 0 fully saturated rings. The summed E-state index contributed by atoms with van der Waals surface area (Å²) in [5.74, 6) is 0.119. The highest BCUT2D eigenvalue weighted by molar-refractivity contribution is 5.85. The Morgan fingerprint density at radius 3 is 2.32 bits per heavy atom. The number of amides is 2. The molecule has 2 amide bonds. The molecular weight excluding hydrogens is 390 g/mol. The van der Waals surface area contributed by atoms with Crippen molar-refractivity contribution in [2.75, 3.05) is 33.4 Å². The fourth-order valence-electron chi connectivity index (χ4n) is 3.52. The van der Waals surface area contributed by atoms with E-state index in [4.69, 9.17) is 4.74 Å². The number of carbonyl (C=O) groups is 2. The van der Waals surface area contributed by atoms with Crippen LogP contribution in [-0.2, 0) is 27.4 Å². The molecule has 0 saturated carbocycles. The minimum Gasteiger partial charge on any atom is -0.383 e. The molecule has 2 rings (SSSR count). The fourth-order valence-corrected chi connectivity index (χ4v) is 3.52. The van der Waals surface area contributed by atoms with Crippen molar-refractivity contribution < 1.29 is 14.3 Å². The molecule has 170 valence electrons. The van der Waals surface area contributed by atoms with Crippen LogP contribution >= 0.6 is 0 Å². The van der Waals surface area contributed by atoms with Gasteiger partial charge >= 0.3 is 0 Å². The van der Waals surface area contributed by atoms with Gasteiger partial charge in [0.25, 0.3) is 0 Å². The number of ether oxygens (including phenoxy) is 1. The predicted octanol–water partition coefficient (Wildman–Crippen LogP) is 3.65. The van der Waals surface area contributed by atoms with E-state index in [1.54, 1.807) is 16.9 Å². The highest BCUT2D eigenvalue weighted by atomic mass is 16.5. The Bertz CT molecular complexity index is 814. The second-order valence-electron chi connectivity index (χ2n) is 8.69. The summed E-state index contributed by atoms with van der Waals surface area (Å²) < 4.78 is 7.40. The molecule has 0 saturated heterocycles. The van der Waals surface area contributed by atoms with Crippen molar-refractivity contribution >= 4 is 11.8 Å². The molecule has 0 aliphatic heterocycles. The Morgan fingerprint density at radius 1 is 1.00 bits per heavy atom. The molecule has 0 unspecified atom stereocenters. The van der Waals surface area contributed by atoms with Crippen molar-refractivity contribution in [1.82, 2.24) is 14.4 Å². The number of aromatic nitrogens is 1. The van der Waals surface area contributed by atoms with Gasteiger partial charge in [0, 0.05) is 44.6 Å². The maximum atomic E-state index is 13.2. The van der Waals surface area contributed by atoms with Crippen molar-refractivity contribution in [2.24, 2.45) is 11.8 Å². The molecule has 0 radical (unpaired) electrons. The molecule has 0 bridgehead atoms. The summed E-state index contributed by atoms with van der Waals surface area (Å²) in [6.07, 6.45) is 2.04. The zero-order valence-electron chi connectivity index (χ0n) is 19.6. The zero-order chi connectivity index (χ0) is 22.8. The third-order valence-electron chi connectivity index (χ3n) is 5.11.